The van der Waals surface area contributed by atoms with Crippen LogP contribution in [0.2, 0.25) is 0 Å². The minimum atomic E-state index is -0.356. The highest BCUT2D eigenvalue weighted by molar-refractivity contribution is 5.77. The summed E-state index contributed by atoms with van der Waals surface area (Å²) in [5, 5.41) is 8.30. The molecule has 0 bridgehead atoms. The number of unbranched alkanes of at least 4 members (excludes halogenated alkanes) is 2. The number of benzene rings is 1. The van der Waals surface area contributed by atoms with Crippen molar-refractivity contribution < 1.29 is 4.79 Å². The number of hydrogen-bond donors (Lipinski definition) is 0. The minimum Gasteiger partial charge on any atom is -0.243 e. The second kappa shape index (κ2) is 7.63. The summed E-state index contributed by atoms with van der Waals surface area (Å²) in [4.78, 5) is 20.9. The average Bonchev–Trinajstić information content (AvgIpc) is 3.26. The molecule has 124 valence electrons. The quantitative estimate of drug-likeness (QED) is 0.651. The first-order valence-corrected chi connectivity index (χ1v) is 8.16. The first-order valence-electron chi connectivity index (χ1n) is 8.16. The molecular formula is C17H20N6O. The van der Waals surface area contributed by atoms with E-state index in [9.17, 15) is 4.79 Å². The Kier molecular flexibility index (Phi) is 5.10. The zero-order chi connectivity index (χ0) is 16.8. The van der Waals surface area contributed by atoms with Crippen molar-refractivity contribution in [3.05, 3.63) is 60.2 Å². The van der Waals surface area contributed by atoms with E-state index < -0.39 is 0 Å². The molecular weight excluding hydrogens is 304 g/mol. The van der Waals surface area contributed by atoms with Crippen LogP contribution in [0.25, 0.3) is 0 Å². The maximum absolute atomic E-state index is 12.5. The lowest BCUT2D eigenvalue weighted by Crippen LogP contribution is -2.23. The van der Waals surface area contributed by atoms with Crippen molar-refractivity contribution in [1.82, 2.24) is 29.5 Å². The standard InChI is InChI=1S/C17H20N6O/c1-2-3-5-10-16-20-15(11-14-8-6-4-7-9-14)21-23(16)17(24)22-13-18-12-19-22/h4,6-9,12-13H,2-3,5,10-11H2,1H3. The number of carbonyl (C=O) groups is 1. The van der Waals surface area contributed by atoms with Gasteiger partial charge in [0.15, 0.2) is 5.82 Å². The molecule has 0 amide bonds. The van der Waals surface area contributed by atoms with Crippen molar-refractivity contribution in [3.63, 3.8) is 0 Å². The molecule has 0 fully saturated rings. The lowest BCUT2D eigenvalue weighted by molar-refractivity contribution is 0.237. The summed E-state index contributed by atoms with van der Waals surface area (Å²) in [6.07, 6.45) is 7.20. The Bertz CT molecular complexity index is 779. The molecule has 0 saturated carbocycles. The van der Waals surface area contributed by atoms with E-state index >= 15 is 0 Å². The molecule has 24 heavy (non-hydrogen) atoms. The molecule has 0 aliphatic heterocycles. The van der Waals surface area contributed by atoms with Crippen LogP contribution < -0.4 is 0 Å². The highest BCUT2D eigenvalue weighted by Crippen LogP contribution is 2.10. The summed E-state index contributed by atoms with van der Waals surface area (Å²) in [5.41, 5.74) is 1.11. The van der Waals surface area contributed by atoms with Gasteiger partial charge in [-0.25, -0.2) is 14.8 Å². The summed E-state index contributed by atoms with van der Waals surface area (Å²) in [5.74, 6) is 1.32. The number of aryl methyl sites for hydroxylation is 1. The van der Waals surface area contributed by atoms with E-state index in [1.807, 2.05) is 30.3 Å². The van der Waals surface area contributed by atoms with E-state index in [0.717, 1.165) is 31.2 Å². The Morgan fingerprint density at radius 2 is 2.00 bits per heavy atom. The van der Waals surface area contributed by atoms with Gasteiger partial charge in [-0.1, -0.05) is 50.1 Å². The van der Waals surface area contributed by atoms with Crippen LogP contribution in [0.4, 0.5) is 4.79 Å². The zero-order valence-electron chi connectivity index (χ0n) is 13.7. The largest absolute Gasteiger partial charge is 0.372 e. The fourth-order valence-corrected chi connectivity index (χ4v) is 2.50. The van der Waals surface area contributed by atoms with Crippen LogP contribution in [-0.2, 0) is 12.8 Å². The molecule has 3 aromatic rings. The van der Waals surface area contributed by atoms with Crippen molar-refractivity contribution in [2.45, 2.75) is 39.0 Å². The molecule has 0 aliphatic carbocycles. The van der Waals surface area contributed by atoms with Gasteiger partial charge in [-0.3, -0.25) is 0 Å². The SMILES string of the molecule is CCCCCc1nc(Cc2ccccc2)nn1C(=O)n1cncn1. The van der Waals surface area contributed by atoms with Gasteiger partial charge in [0.05, 0.1) is 0 Å². The molecule has 0 unspecified atom stereocenters. The zero-order valence-corrected chi connectivity index (χ0v) is 13.7. The van der Waals surface area contributed by atoms with Crippen molar-refractivity contribution in [3.8, 4) is 0 Å². The third-order valence-electron chi connectivity index (χ3n) is 3.72. The van der Waals surface area contributed by atoms with Crippen LogP contribution in [0.3, 0.4) is 0 Å². The predicted molar refractivity (Wildman–Crippen MR) is 88.7 cm³/mol. The molecule has 2 aromatic heterocycles. The van der Waals surface area contributed by atoms with Gasteiger partial charge < -0.3 is 0 Å². The van der Waals surface area contributed by atoms with Gasteiger partial charge in [0, 0.05) is 12.8 Å². The lowest BCUT2D eigenvalue weighted by Gasteiger charge is -2.03. The van der Waals surface area contributed by atoms with Gasteiger partial charge in [0.25, 0.3) is 0 Å². The van der Waals surface area contributed by atoms with Crippen molar-refractivity contribution in [2.75, 3.05) is 0 Å². The van der Waals surface area contributed by atoms with Crippen molar-refractivity contribution in [2.24, 2.45) is 0 Å². The molecule has 3 rings (SSSR count). The Morgan fingerprint density at radius 3 is 2.71 bits per heavy atom. The topological polar surface area (TPSA) is 78.5 Å². The highest BCUT2D eigenvalue weighted by Gasteiger charge is 2.18. The van der Waals surface area contributed by atoms with E-state index in [1.165, 1.54) is 22.0 Å². The molecule has 7 nitrogen and oxygen atoms in total. The van der Waals surface area contributed by atoms with E-state index in [0.29, 0.717) is 18.1 Å². The second-order valence-electron chi connectivity index (χ2n) is 5.60. The van der Waals surface area contributed by atoms with E-state index in [2.05, 4.69) is 27.1 Å². The minimum absolute atomic E-state index is 0.356. The molecule has 1 aromatic carbocycles. The molecule has 0 radical (unpaired) electrons. The summed E-state index contributed by atoms with van der Waals surface area (Å²) < 4.78 is 2.52. The highest BCUT2D eigenvalue weighted by atomic mass is 16.2. The fourth-order valence-electron chi connectivity index (χ4n) is 2.50. The molecule has 0 N–H and O–H groups in total. The first kappa shape index (κ1) is 16.0. The van der Waals surface area contributed by atoms with Gasteiger partial charge in [-0.05, 0) is 12.0 Å². The fraction of sp³-hybridized carbons (Fsp3) is 0.353. The smallest absolute Gasteiger partial charge is 0.243 e. The average molecular weight is 324 g/mol. The Morgan fingerprint density at radius 1 is 1.17 bits per heavy atom. The summed E-state index contributed by atoms with van der Waals surface area (Å²) in [7, 11) is 0. The Labute approximate surface area is 140 Å². The van der Waals surface area contributed by atoms with Gasteiger partial charge in [0.2, 0.25) is 0 Å². The van der Waals surface area contributed by atoms with E-state index in [4.69, 9.17) is 0 Å². The normalized spacial score (nSPS) is 10.9. The molecule has 7 heteroatoms. The number of aromatic nitrogens is 6. The Hall–Kier alpha value is -2.83. The van der Waals surface area contributed by atoms with Gasteiger partial charge in [-0.2, -0.15) is 14.5 Å². The summed E-state index contributed by atoms with van der Waals surface area (Å²) in [6.45, 7) is 2.14. The molecule has 0 spiro atoms. The van der Waals surface area contributed by atoms with Gasteiger partial charge >= 0.3 is 6.03 Å². The number of hydrogen-bond acceptors (Lipinski definition) is 5. The van der Waals surface area contributed by atoms with Crippen LogP contribution in [0.1, 0.15) is 43.4 Å². The monoisotopic (exact) mass is 324 g/mol. The van der Waals surface area contributed by atoms with Crippen LogP contribution in [0.15, 0.2) is 43.0 Å². The van der Waals surface area contributed by atoms with Crippen LogP contribution in [0.5, 0.6) is 0 Å². The number of carbonyl (C=O) groups excluding carboxylic acids is 1. The van der Waals surface area contributed by atoms with E-state index in [1.54, 1.807) is 0 Å². The van der Waals surface area contributed by atoms with Crippen LogP contribution in [-0.4, -0.2) is 35.6 Å². The summed E-state index contributed by atoms with van der Waals surface area (Å²) >= 11 is 0. The predicted octanol–water partition coefficient (Wildman–Crippen LogP) is 2.71. The van der Waals surface area contributed by atoms with E-state index in [-0.39, 0.29) is 6.03 Å². The Balaban J connectivity index is 1.85. The maximum atomic E-state index is 12.5. The summed E-state index contributed by atoms with van der Waals surface area (Å²) in [6, 6.07) is 9.63. The number of rotatable bonds is 6. The second-order valence-corrected chi connectivity index (χ2v) is 5.60. The molecule has 0 saturated heterocycles. The maximum Gasteiger partial charge on any atom is 0.372 e. The van der Waals surface area contributed by atoms with Crippen LogP contribution in [0, 0.1) is 0 Å². The first-order chi connectivity index (χ1) is 11.8. The molecule has 0 aliphatic rings. The van der Waals surface area contributed by atoms with Crippen molar-refractivity contribution in [1.29, 1.82) is 0 Å². The third-order valence-corrected chi connectivity index (χ3v) is 3.72. The van der Waals surface area contributed by atoms with Gasteiger partial charge in [0.1, 0.15) is 18.5 Å². The van der Waals surface area contributed by atoms with Crippen LogP contribution >= 0.6 is 0 Å². The molecule has 0 atom stereocenters. The molecule has 2 heterocycles. The van der Waals surface area contributed by atoms with Crippen molar-refractivity contribution >= 4 is 6.03 Å². The number of nitrogens with zero attached hydrogens (tertiary/aromatic N) is 6. The van der Waals surface area contributed by atoms with Gasteiger partial charge in [-0.15, -0.1) is 5.10 Å². The third kappa shape index (κ3) is 3.73. The lowest BCUT2D eigenvalue weighted by atomic mass is 10.1.